The van der Waals surface area contributed by atoms with E-state index in [2.05, 4.69) is 45.2 Å². The summed E-state index contributed by atoms with van der Waals surface area (Å²) < 4.78 is 0. The molecule has 0 radical (unpaired) electrons. The van der Waals surface area contributed by atoms with Crippen molar-refractivity contribution in [2.24, 2.45) is 21.5 Å². The van der Waals surface area contributed by atoms with Crippen LogP contribution in [0.4, 0.5) is 23.8 Å². The number of aryl methyl sites for hydroxylation is 2. The first-order chi connectivity index (χ1) is 18.3. The Labute approximate surface area is 221 Å². The minimum Gasteiger partial charge on any atom is -0.384 e. The zero-order valence-corrected chi connectivity index (χ0v) is 21.6. The van der Waals surface area contributed by atoms with E-state index in [1.165, 1.54) is 0 Å². The summed E-state index contributed by atoms with van der Waals surface area (Å²) in [6.07, 6.45) is 5.31. The van der Waals surface area contributed by atoms with Crippen LogP contribution in [0.5, 0.6) is 0 Å². The van der Waals surface area contributed by atoms with Crippen molar-refractivity contribution in [1.82, 2.24) is 29.9 Å². The summed E-state index contributed by atoms with van der Waals surface area (Å²) in [6.45, 7) is 3.71. The Bertz CT molecular complexity index is 1100. The molecule has 3 aromatic rings. The van der Waals surface area contributed by atoms with Crippen molar-refractivity contribution >= 4 is 35.5 Å². The second-order valence-electron chi connectivity index (χ2n) is 8.59. The van der Waals surface area contributed by atoms with Gasteiger partial charge in [-0.1, -0.05) is 30.7 Å². The Morgan fingerprint density at radius 1 is 0.684 bits per heavy atom. The van der Waals surface area contributed by atoms with Gasteiger partial charge in [0.2, 0.25) is 23.8 Å². The monoisotopic (exact) mass is 520 g/mol. The lowest BCUT2D eigenvalue weighted by molar-refractivity contribution is 0.665. The highest BCUT2D eigenvalue weighted by atomic mass is 15.2. The third-order valence-electron chi connectivity index (χ3n) is 5.45. The van der Waals surface area contributed by atoms with E-state index in [9.17, 15) is 0 Å². The van der Waals surface area contributed by atoms with Gasteiger partial charge in [-0.2, -0.15) is 24.9 Å². The Hall–Kier alpha value is -4.62. The van der Waals surface area contributed by atoms with Crippen molar-refractivity contribution in [3.05, 3.63) is 47.0 Å². The topological polar surface area (TPSA) is 244 Å². The first-order valence-corrected chi connectivity index (χ1v) is 12.5. The van der Waals surface area contributed by atoms with Crippen molar-refractivity contribution < 1.29 is 0 Å². The normalized spacial score (nSPS) is 12.0. The van der Waals surface area contributed by atoms with Gasteiger partial charge in [-0.25, -0.2) is 4.98 Å². The number of aliphatic imine (C=N–C) groups is 2. The quantitative estimate of drug-likeness (QED) is 0.0982. The molecule has 0 unspecified atom stereocenters. The van der Waals surface area contributed by atoms with E-state index in [-0.39, 0.29) is 17.8 Å². The van der Waals surface area contributed by atoms with Gasteiger partial charge < -0.3 is 34.0 Å². The van der Waals surface area contributed by atoms with Crippen LogP contribution in [0.25, 0.3) is 0 Å². The number of benzene rings is 1. The maximum absolute atomic E-state index is 6.16. The summed E-state index contributed by atoms with van der Waals surface area (Å²) in [6, 6.07) is 7.60. The van der Waals surface area contributed by atoms with Gasteiger partial charge in [0.15, 0.2) is 0 Å². The molecule has 38 heavy (non-hydrogen) atoms. The summed E-state index contributed by atoms with van der Waals surface area (Å²) in [5.74, 6) is 3.15. The molecule has 14 nitrogen and oxygen atoms in total. The minimum atomic E-state index is 0.0850. The smallest absolute Gasteiger partial charge is 0.229 e. The highest BCUT2D eigenvalue weighted by molar-refractivity contribution is 6.00. The Kier molecular flexibility index (Phi) is 10.5. The molecule has 14 heteroatoms. The van der Waals surface area contributed by atoms with E-state index in [1.807, 2.05) is 31.2 Å². The molecule has 0 aliphatic rings. The molecule has 0 fully saturated rings. The van der Waals surface area contributed by atoms with Gasteiger partial charge in [0.25, 0.3) is 0 Å². The Morgan fingerprint density at radius 3 is 1.82 bits per heavy atom. The zero-order chi connectivity index (χ0) is 27.3. The summed E-state index contributed by atoms with van der Waals surface area (Å²) in [5.41, 5.74) is 30.8. The standard InChI is InChI=1S/C24H36N14/c1-15-33-18(35-21(27)34-15)7-3-2-4-12-30-19(25)16-8-10-17(11-9-16)20(26)31-13-5-6-14-32-24-37-22(28)36-23(29)38-24/h8-11H,2-7,12-14H2,1H3,(H2,25,30)(H2,26,31)(H2,27,33,34,35)(H5,28,29,32,36,37,38). The number of nitrogens with two attached hydrogens (primary N) is 5. The van der Waals surface area contributed by atoms with Crippen LogP contribution in [0.3, 0.4) is 0 Å². The lowest BCUT2D eigenvalue weighted by Crippen LogP contribution is -2.17. The molecule has 0 atom stereocenters. The summed E-state index contributed by atoms with van der Waals surface area (Å²) in [4.78, 5) is 33.1. The van der Waals surface area contributed by atoms with Gasteiger partial charge in [0.05, 0.1) is 0 Å². The van der Waals surface area contributed by atoms with Crippen LogP contribution in [-0.2, 0) is 6.42 Å². The maximum atomic E-state index is 6.16. The van der Waals surface area contributed by atoms with Crippen LogP contribution in [0.1, 0.15) is 54.9 Å². The molecule has 2 aromatic heterocycles. The van der Waals surface area contributed by atoms with E-state index in [0.717, 1.165) is 55.5 Å². The summed E-state index contributed by atoms with van der Waals surface area (Å²) >= 11 is 0. The van der Waals surface area contributed by atoms with E-state index in [1.54, 1.807) is 0 Å². The Morgan fingerprint density at radius 2 is 1.24 bits per heavy atom. The van der Waals surface area contributed by atoms with Gasteiger partial charge in [-0.3, -0.25) is 9.98 Å². The highest BCUT2D eigenvalue weighted by Crippen LogP contribution is 2.08. The van der Waals surface area contributed by atoms with E-state index >= 15 is 0 Å². The van der Waals surface area contributed by atoms with Crippen LogP contribution in [0.15, 0.2) is 34.3 Å². The molecule has 3 rings (SSSR count). The van der Waals surface area contributed by atoms with Crippen LogP contribution < -0.4 is 34.0 Å². The minimum absolute atomic E-state index is 0.0850. The first kappa shape index (κ1) is 28.0. The van der Waals surface area contributed by atoms with Crippen molar-refractivity contribution in [3.8, 4) is 0 Å². The molecule has 0 amide bonds. The molecule has 11 N–H and O–H groups in total. The first-order valence-electron chi connectivity index (χ1n) is 12.5. The number of amidine groups is 2. The SMILES string of the molecule is Cc1nc(N)nc(CCCCCN=C(N)c2ccc(C(N)=NCCCCNc3nc(N)nc(N)n3)cc2)n1. The van der Waals surface area contributed by atoms with Crippen LogP contribution in [-0.4, -0.2) is 61.2 Å². The van der Waals surface area contributed by atoms with Gasteiger partial charge in [0, 0.05) is 37.2 Å². The summed E-state index contributed by atoms with van der Waals surface area (Å²) in [7, 11) is 0. The molecule has 0 bridgehead atoms. The van der Waals surface area contributed by atoms with Gasteiger partial charge in [-0.05, 0) is 32.6 Å². The second-order valence-corrected chi connectivity index (χ2v) is 8.59. The van der Waals surface area contributed by atoms with Crippen LogP contribution >= 0.6 is 0 Å². The van der Waals surface area contributed by atoms with Gasteiger partial charge >= 0.3 is 0 Å². The average molecular weight is 521 g/mol. The third kappa shape index (κ3) is 9.44. The summed E-state index contributed by atoms with van der Waals surface area (Å²) in [5, 5.41) is 3.06. The number of hydrogen-bond donors (Lipinski definition) is 6. The lowest BCUT2D eigenvalue weighted by Gasteiger charge is -2.06. The third-order valence-corrected chi connectivity index (χ3v) is 5.45. The average Bonchev–Trinajstić information content (AvgIpc) is 2.87. The predicted octanol–water partition coefficient (Wildman–Crippen LogP) is 0.828. The fourth-order valence-electron chi connectivity index (χ4n) is 3.56. The fraction of sp³-hybridized carbons (Fsp3) is 0.417. The number of nitrogens with zero attached hydrogens (tertiary/aromatic N) is 8. The van der Waals surface area contributed by atoms with Crippen molar-refractivity contribution in [3.63, 3.8) is 0 Å². The maximum Gasteiger partial charge on any atom is 0.229 e. The molecule has 0 aliphatic heterocycles. The molecule has 202 valence electrons. The van der Waals surface area contributed by atoms with Crippen LogP contribution in [0, 0.1) is 6.92 Å². The number of nitrogens with one attached hydrogen (secondary N) is 1. The number of aromatic nitrogens is 6. The van der Waals surface area contributed by atoms with E-state index in [4.69, 9.17) is 28.7 Å². The number of hydrogen-bond acceptors (Lipinski definition) is 12. The van der Waals surface area contributed by atoms with E-state index < -0.39 is 0 Å². The van der Waals surface area contributed by atoms with Gasteiger partial charge in [-0.15, -0.1) is 0 Å². The Balaban J connectivity index is 1.34. The number of rotatable bonds is 14. The molecule has 0 saturated carbocycles. The lowest BCUT2D eigenvalue weighted by atomic mass is 10.1. The number of unbranched alkanes of at least 4 members (excludes halogenated alkanes) is 3. The molecule has 0 spiro atoms. The van der Waals surface area contributed by atoms with Crippen molar-refractivity contribution in [2.75, 3.05) is 42.2 Å². The number of nitrogen functional groups attached to an aromatic ring is 3. The van der Waals surface area contributed by atoms with Gasteiger partial charge in [0.1, 0.15) is 23.3 Å². The molecule has 2 heterocycles. The molecular formula is C24H36N14. The number of anilines is 4. The molecule has 1 aromatic carbocycles. The van der Waals surface area contributed by atoms with Crippen molar-refractivity contribution in [1.29, 1.82) is 0 Å². The fourth-order valence-corrected chi connectivity index (χ4v) is 3.56. The van der Waals surface area contributed by atoms with Crippen LogP contribution in [0.2, 0.25) is 0 Å². The zero-order valence-electron chi connectivity index (χ0n) is 21.6. The predicted molar refractivity (Wildman–Crippen MR) is 151 cm³/mol. The molecule has 0 saturated heterocycles. The van der Waals surface area contributed by atoms with Crippen molar-refractivity contribution in [2.45, 2.75) is 45.4 Å². The molecular weight excluding hydrogens is 484 g/mol. The molecule has 0 aliphatic carbocycles. The van der Waals surface area contributed by atoms with E-state index in [0.29, 0.717) is 43.1 Å². The largest absolute Gasteiger partial charge is 0.384 e. The second kappa shape index (κ2) is 14.2. The highest BCUT2D eigenvalue weighted by Gasteiger charge is 2.04.